The van der Waals surface area contributed by atoms with Gasteiger partial charge in [0.05, 0.1) is 12.2 Å². The monoisotopic (exact) mass is 263 g/mol. The highest BCUT2D eigenvalue weighted by molar-refractivity contribution is 9.09. The quantitative estimate of drug-likeness (QED) is 0.726. The van der Waals surface area contributed by atoms with E-state index in [9.17, 15) is 0 Å². The van der Waals surface area contributed by atoms with Crippen LogP contribution in [0.2, 0.25) is 0 Å². The molecule has 0 bridgehead atoms. The van der Waals surface area contributed by atoms with E-state index in [0.29, 0.717) is 18.2 Å². The van der Waals surface area contributed by atoms with Crippen LogP contribution in [0.5, 0.6) is 0 Å². The lowest BCUT2D eigenvalue weighted by Gasteiger charge is -2.41. The van der Waals surface area contributed by atoms with Crippen molar-refractivity contribution in [1.29, 1.82) is 0 Å². The van der Waals surface area contributed by atoms with Gasteiger partial charge >= 0.3 is 0 Å². The number of rotatable bonds is 3. The van der Waals surface area contributed by atoms with Crippen LogP contribution in [-0.2, 0) is 4.74 Å². The average Bonchev–Trinajstić information content (AvgIpc) is 2.15. The molecule has 3 atom stereocenters. The molecule has 14 heavy (non-hydrogen) atoms. The third-order valence-electron chi connectivity index (χ3n) is 3.07. The first-order chi connectivity index (χ1) is 6.54. The topological polar surface area (TPSA) is 12.5 Å². The number of halogens is 1. The third kappa shape index (κ3) is 3.21. The molecule has 84 valence electrons. The number of morpholine rings is 1. The van der Waals surface area contributed by atoms with E-state index in [-0.39, 0.29) is 0 Å². The molecule has 0 N–H and O–H groups in total. The third-order valence-corrected chi connectivity index (χ3v) is 3.79. The van der Waals surface area contributed by atoms with Gasteiger partial charge in [0, 0.05) is 24.5 Å². The molecule has 3 heteroatoms. The van der Waals surface area contributed by atoms with Gasteiger partial charge in [-0.15, -0.1) is 0 Å². The summed E-state index contributed by atoms with van der Waals surface area (Å²) in [4.78, 5) is 2.55. The summed E-state index contributed by atoms with van der Waals surface area (Å²) in [5, 5.41) is 0.943. The fourth-order valence-electron chi connectivity index (χ4n) is 1.92. The molecule has 2 nitrogen and oxygen atoms in total. The zero-order chi connectivity index (χ0) is 10.7. The average molecular weight is 264 g/mol. The Labute approximate surface area is 96.1 Å². The predicted octanol–water partition coefficient (Wildman–Crippen LogP) is 2.52. The van der Waals surface area contributed by atoms with Gasteiger partial charge < -0.3 is 4.74 Å². The first kappa shape index (κ1) is 12.5. The van der Waals surface area contributed by atoms with Crippen LogP contribution in [-0.4, -0.2) is 41.6 Å². The van der Waals surface area contributed by atoms with Gasteiger partial charge in [-0.2, -0.15) is 0 Å². The summed E-state index contributed by atoms with van der Waals surface area (Å²) in [5.41, 5.74) is 0. The molecule has 0 aromatic rings. The van der Waals surface area contributed by atoms with Gasteiger partial charge in [0.2, 0.25) is 0 Å². The zero-order valence-corrected chi connectivity index (χ0v) is 11.3. The molecule has 0 radical (unpaired) electrons. The molecule has 1 fully saturated rings. The molecule has 0 aromatic heterocycles. The SMILES string of the molecule is CC1CN(C(C)C(C)C)CC(CBr)O1. The molecule has 1 aliphatic heterocycles. The lowest BCUT2D eigenvalue weighted by Crippen LogP contribution is -2.51. The Balaban J connectivity index is 2.52. The second-order valence-corrected chi connectivity index (χ2v) is 5.31. The highest BCUT2D eigenvalue weighted by atomic mass is 79.9. The maximum Gasteiger partial charge on any atom is 0.0802 e. The summed E-state index contributed by atoms with van der Waals surface area (Å²) in [5.74, 6) is 0.719. The van der Waals surface area contributed by atoms with Crippen molar-refractivity contribution in [2.45, 2.75) is 45.9 Å². The highest BCUT2D eigenvalue weighted by Crippen LogP contribution is 2.18. The maximum absolute atomic E-state index is 5.81. The summed E-state index contributed by atoms with van der Waals surface area (Å²) in [6, 6.07) is 0.655. The van der Waals surface area contributed by atoms with Crippen molar-refractivity contribution in [2.24, 2.45) is 5.92 Å². The fraction of sp³-hybridized carbons (Fsp3) is 1.00. The summed E-state index contributed by atoms with van der Waals surface area (Å²) >= 11 is 3.50. The van der Waals surface area contributed by atoms with Crippen LogP contribution in [0.15, 0.2) is 0 Å². The van der Waals surface area contributed by atoms with E-state index in [0.717, 1.165) is 24.3 Å². The lowest BCUT2D eigenvalue weighted by atomic mass is 10.0. The van der Waals surface area contributed by atoms with E-state index in [1.807, 2.05) is 0 Å². The summed E-state index contributed by atoms with van der Waals surface area (Å²) < 4.78 is 5.81. The summed E-state index contributed by atoms with van der Waals surface area (Å²) in [7, 11) is 0. The minimum absolute atomic E-state index is 0.361. The van der Waals surface area contributed by atoms with Crippen molar-refractivity contribution < 1.29 is 4.74 Å². The van der Waals surface area contributed by atoms with Crippen LogP contribution < -0.4 is 0 Å². The Morgan fingerprint density at radius 1 is 1.36 bits per heavy atom. The molecule has 1 aliphatic rings. The van der Waals surface area contributed by atoms with Gasteiger partial charge in [-0.3, -0.25) is 4.90 Å². The second-order valence-electron chi connectivity index (χ2n) is 4.66. The highest BCUT2D eigenvalue weighted by Gasteiger charge is 2.28. The zero-order valence-electron chi connectivity index (χ0n) is 9.66. The Hall–Kier alpha value is 0.400. The van der Waals surface area contributed by atoms with Crippen molar-refractivity contribution in [3.63, 3.8) is 0 Å². The number of hydrogen-bond acceptors (Lipinski definition) is 2. The van der Waals surface area contributed by atoms with Crippen molar-refractivity contribution in [2.75, 3.05) is 18.4 Å². The van der Waals surface area contributed by atoms with Gasteiger partial charge in [0.15, 0.2) is 0 Å². The molecule has 0 amide bonds. The molecule has 1 saturated heterocycles. The summed E-state index contributed by atoms with van der Waals surface area (Å²) in [6.45, 7) is 11.2. The molecular weight excluding hydrogens is 242 g/mol. The predicted molar refractivity (Wildman–Crippen MR) is 64.0 cm³/mol. The number of alkyl halides is 1. The fourth-order valence-corrected chi connectivity index (χ4v) is 2.28. The molecule has 0 aliphatic carbocycles. The normalized spacial score (nSPS) is 32.1. The van der Waals surface area contributed by atoms with Crippen LogP contribution >= 0.6 is 15.9 Å². The van der Waals surface area contributed by atoms with Gasteiger partial charge in [0.1, 0.15) is 0 Å². The van der Waals surface area contributed by atoms with Crippen molar-refractivity contribution in [1.82, 2.24) is 4.90 Å². The maximum atomic E-state index is 5.81. The van der Waals surface area contributed by atoms with Crippen LogP contribution in [0.25, 0.3) is 0 Å². The van der Waals surface area contributed by atoms with Crippen molar-refractivity contribution in [3.8, 4) is 0 Å². The minimum Gasteiger partial charge on any atom is -0.372 e. The first-order valence-corrected chi connectivity index (χ1v) is 6.62. The van der Waals surface area contributed by atoms with Crippen LogP contribution in [0, 0.1) is 5.92 Å². The van der Waals surface area contributed by atoms with E-state index in [1.165, 1.54) is 0 Å². The number of ether oxygens (including phenoxy) is 1. The number of hydrogen-bond donors (Lipinski definition) is 0. The molecule has 3 unspecified atom stereocenters. The first-order valence-electron chi connectivity index (χ1n) is 5.50. The molecular formula is C11H22BrNO. The lowest BCUT2D eigenvalue weighted by molar-refractivity contribution is -0.0805. The Bertz CT molecular complexity index is 175. The van der Waals surface area contributed by atoms with Gasteiger partial charge in [-0.25, -0.2) is 0 Å². The van der Waals surface area contributed by atoms with E-state index >= 15 is 0 Å². The van der Waals surface area contributed by atoms with E-state index < -0.39 is 0 Å². The smallest absolute Gasteiger partial charge is 0.0802 e. The van der Waals surface area contributed by atoms with Crippen LogP contribution in [0.1, 0.15) is 27.7 Å². The number of nitrogens with zero attached hydrogens (tertiary/aromatic N) is 1. The molecule has 0 aromatic carbocycles. The molecule has 1 heterocycles. The van der Waals surface area contributed by atoms with Gasteiger partial charge in [-0.1, -0.05) is 29.8 Å². The van der Waals surface area contributed by atoms with E-state index in [2.05, 4.69) is 48.5 Å². The molecule has 0 spiro atoms. The molecule has 1 rings (SSSR count). The van der Waals surface area contributed by atoms with Gasteiger partial charge in [0.25, 0.3) is 0 Å². The Morgan fingerprint density at radius 2 is 2.00 bits per heavy atom. The van der Waals surface area contributed by atoms with E-state index in [1.54, 1.807) is 0 Å². The van der Waals surface area contributed by atoms with Crippen molar-refractivity contribution >= 4 is 15.9 Å². The van der Waals surface area contributed by atoms with Gasteiger partial charge in [-0.05, 0) is 19.8 Å². The Morgan fingerprint density at radius 3 is 2.50 bits per heavy atom. The van der Waals surface area contributed by atoms with E-state index in [4.69, 9.17) is 4.74 Å². The van der Waals surface area contributed by atoms with Crippen molar-refractivity contribution in [3.05, 3.63) is 0 Å². The van der Waals surface area contributed by atoms with Crippen LogP contribution in [0.3, 0.4) is 0 Å². The minimum atomic E-state index is 0.361. The van der Waals surface area contributed by atoms with Crippen LogP contribution in [0.4, 0.5) is 0 Å². The largest absolute Gasteiger partial charge is 0.372 e. The second kappa shape index (κ2) is 5.47. The summed E-state index contributed by atoms with van der Waals surface area (Å²) in [6.07, 6.45) is 0.729. The standard InChI is InChI=1S/C11H22BrNO/c1-8(2)10(4)13-6-9(3)14-11(5-12)7-13/h8-11H,5-7H2,1-4H3. The molecule has 0 saturated carbocycles. The Kier molecular flexibility index (Phi) is 4.88.